The number of anilines is 1. The minimum absolute atomic E-state index is 0.148. The number of thiazole rings is 1. The Morgan fingerprint density at radius 1 is 1.15 bits per heavy atom. The predicted molar refractivity (Wildman–Crippen MR) is 115 cm³/mol. The number of nitrogens with zero attached hydrogens (tertiary/aromatic N) is 4. The molecule has 0 bridgehead atoms. The van der Waals surface area contributed by atoms with Crippen LogP contribution in [0.2, 0.25) is 0 Å². The van der Waals surface area contributed by atoms with Crippen LogP contribution in [0.25, 0.3) is 10.3 Å². The van der Waals surface area contributed by atoms with Crippen molar-refractivity contribution in [2.24, 2.45) is 0 Å². The Morgan fingerprint density at radius 2 is 1.85 bits per heavy atom. The quantitative estimate of drug-likeness (QED) is 0.525. The highest BCUT2D eigenvalue weighted by Crippen LogP contribution is 2.32. The van der Waals surface area contributed by atoms with E-state index in [1.165, 1.54) is 18.4 Å². The lowest BCUT2D eigenvalue weighted by atomic mass is 10.2. The Kier molecular flexibility index (Phi) is 6.26. The maximum absolute atomic E-state index is 13.1. The molecule has 0 unspecified atom stereocenters. The molecule has 0 radical (unpaired) electrons. The number of fused-ring (bicyclic) bond motifs is 1. The van der Waals surface area contributed by atoms with Gasteiger partial charge in [-0.1, -0.05) is 11.3 Å². The number of benzene rings is 1. The van der Waals surface area contributed by atoms with Crippen molar-refractivity contribution in [3.8, 4) is 11.6 Å². The molecule has 1 aliphatic heterocycles. The molecule has 1 N–H and O–H groups in total. The van der Waals surface area contributed by atoms with Crippen LogP contribution in [0.1, 0.15) is 0 Å². The maximum atomic E-state index is 13.1. The van der Waals surface area contributed by atoms with E-state index >= 15 is 0 Å². The van der Waals surface area contributed by atoms with Crippen LogP contribution >= 0.6 is 11.3 Å². The van der Waals surface area contributed by atoms with Gasteiger partial charge in [0.25, 0.3) is 0 Å². The molecule has 1 aliphatic rings. The largest absolute Gasteiger partial charge is 0.573 e. The molecule has 1 atom stereocenters. The maximum Gasteiger partial charge on any atom is 0.573 e. The lowest BCUT2D eigenvalue weighted by molar-refractivity contribution is -0.274. The van der Waals surface area contributed by atoms with E-state index in [9.17, 15) is 31.5 Å². The van der Waals surface area contributed by atoms with Crippen molar-refractivity contribution in [1.82, 2.24) is 14.3 Å². The van der Waals surface area contributed by atoms with Crippen LogP contribution in [0.15, 0.2) is 41.3 Å². The standard InChI is InChI=1S/C19H17F3N4O6S2/c1-31-15-7-6-13-16(24-15)33-18(23-13)25-8-9-26(14(10-25)17(27)28)34(29,30)12-4-2-11(3-5-12)32-19(20,21)22/h2-7,14H,8-10H2,1H3,(H,27,28)/t14-/m1/s1. The van der Waals surface area contributed by atoms with Gasteiger partial charge >= 0.3 is 12.3 Å². The molecule has 3 aromatic rings. The van der Waals surface area contributed by atoms with Crippen LogP contribution in [0.3, 0.4) is 0 Å². The van der Waals surface area contributed by atoms with E-state index in [1.54, 1.807) is 17.0 Å². The zero-order valence-electron chi connectivity index (χ0n) is 17.4. The number of halogens is 3. The molecule has 0 amide bonds. The Morgan fingerprint density at radius 3 is 2.47 bits per heavy atom. The van der Waals surface area contributed by atoms with Crippen molar-refractivity contribution < 1.29 is 41.0 Å². The van der Waals surface area contributed by atoms with Gasteiger partial charge in [0.2, 0.25) is 15.9 Å². The summed E-state index contributed by atoms with van der Waals surface area (Å²) in [5.41, 5.74) is 0.587. The number of rotatable bonds is 6. The number of pyridine rings is 1. The van der Waals surface area contributed by atoms with Crippen molar-refractivity contribution in [2.75, 3.05) is 31.6 Å². The number of methoxy groups -OCH3 is 1. The summed E-state index contributed by atoms with van der Waals surface area (Å²) in [6.45, 7) is -0.206. The monoisotopic (exact) mass is 518 g/mol. The number of carboxylic acid groups (broad SMARTS) is 1. The summed E-state index contributed by atoms with van der Waals surface area (Å²) in [5, 5.41) is 10.2. The summed E-state index contributed by atoms with van der Waals surface area (Å²) in [5.74, 6) is -1.56. The fourth-order valence-electron chi connectivity index (χ4n) is 3.42. The molecule has 34 heavy (non-hydrogen) atoms. The molecule has 0 saturated carbocycles. The van der Waals surface area contributed by atoms with E-state index in [0.29, 0.717) is 21.4 Å². The minimum Gasteiger partial charge on any atom is -0.481 e. The highest BCUT2D eigenvalue weighted by atomic mass is 32.2. The second-order valence-electron chi connectivity index (χ2n) is 7.11. The van der Waals surface area contributed by atoms with Crippen molar-refractivity contribution in [3.63, 3.8) is 0 Å². The molecular formula is C19H17F3N4O6S2. The highest BCUT2D eigenvalue weighted by Gasteiger charge is 2.41. The fraction of sp³-hybridized carbons (Fsp3) is 0.316. The summed E-state index contributed by atoms with van der Waals surface area (Å²) in [4.78, 5) is 22.6. The van der Waals surface area contributed by atoms with Gasteiger partial charge in [0.15, 0.2) is 5.13 Å². The lowest BCUT2D eigenvalue weighted by Gasteiger charge is -2.38. The molecule has 1 saturated heterocycles. The van der Waals surface area contributed by atoms with Crippen LogP contribution < -0.4 is 14.4 Å². The molecule has 2 aromatic heterocycles. The van der Waals surface area contributed by atoms with E-state index in [-0.39, 0.29) is 24.5 Å². The number of carboxylic acids is 1. The van der Waals surface area contributed by atoms with Crippen molar-refractivity contribution in [2.45, 2.75) is 17.3 Å². The Balaban J connectivity index is 1.57. The summed E-state index contributed by atoms with van der Waals surface area (Å²) >= 11 is 1.22. The molecule has 3 heterocycles. The molecule has 4 rings (SSSR count). The van der Waals surface area contributed by atoms with Crippen molar-refractivity contribution >= 4 is 42.8 Å². The first-order valence-electron chi connectivity index (χ1n) is 9.65. The van der Waals surface area contributed by atoms with Gasteiger partial charge in [-0.05, 0) is 30.3 Å². The number of alkyl halides is 3. The van der Waals surface area contributed by atoms with Gasteiger partial charge in [0.05, 0.1) is 12.0 Å². The number of hydrogen-bond donors (Lipinski definition) is 1. The first-order valence-corrected chi connectivity index (χ1v) is 11.9. The van der Waals surface area contributed by atoms with Gasteiger partial charge in [-0.25, -0.2) is 18.4 Å². The first-order chi connectivity index (χ1) is 16.0. The average molecular weight is 518 g/mol. The summed E-state index contributed by atoms with van der Waals surface area (Å²) in [7, 11) is -2.84. The van der Waals surface area contributed by atoms with Crippen LogP contribution in [-0.4, -0.2) is 72.9 Å². The van der Waals surface area contributed by atoms with Gasteiger partial charge in [-0.3, -0.25) is 4.79 Å². The van der Waals surface area contributed by atoms with Gasteiger partial charge in [-0.15, -0.1) is 13.2 Å². The van der Waals surface area contributed by atoms with E-state index in [0.717, 1.165) is 28.6 Å². The van der Waals surface area contributed by atoms with Gasteiger partial charge in [0.1, 0.15) is 22.1 Å². The number of hydrogen-bond acceptors (Lipinski definition) is 9. The normalized spacial score (nSPS) is 17.6. The third-order valence-corrected chi connectivity index (χ3v) is 7.93. The van der Waals surface area contributed by atoms with Gasteiger partial charge < -0.3 is 19.5 Å². The van der Waals surface area contributed by atoms with E-state index in [1.807, 2.05) is 0 Å². The third kappa shape index (κ3) is 4.85. The van der Waals surface area contributed by atoms with Crippen LogP contribution in [-0.2, 0) is 14.8 Å². The molecule has 182 valence electrons. The zero-order chi connectivity index (χ0) is 24.7. The molecule has 15 heteroatoms. The fourth-order valence-corrected chi connectivity index (χ4v) is 5.95. The summed E-state index contributed by atoms with van der Waals surface area (Å²) in [6.07, 6.45) is -4.92. The van der Waals surface area contributed by atoms with Crippen molar-refractivity contribution in [1.29, 1.82) is 0 Å². The number of ether oxygens (including phenoxy) is 2. The smallest absolute Gasteiger partial charge is 0.481 e. The number of aliphatic carboxylic acids is 1. The Labute approximate surface area is 195 Å². The Hall–Kier alpha value is -3.17. The van der Waals surface area contributed by atoms with Gasteiger partial charge in [0, 0.05) is 25.7 Å². The van der Waals surface area contributed by atoms with Crippen molar-refractivity contribution in [3.05, 3.63) is 36.4 Å². The molecule has 1 fully saturated rings. The number of sulfonamides is 1. The third-order valence-electron chi connectivity index (χ3n) is 4.98. The number of aromatic nitrogens is 2. The molecule has 10 nitrogen and oxygen atoms in total. The topological polar surface area (TPSA) is 122 Å². The van der Waals surface area contributed by atoms with E-state index in [4.69, 9.17) is 4.74 Å². The zero-order valence-corrected chi connectivity index (χ0v) is 19.0. The molecule has 1 aromatic carbocycles. The SMILES string of the molecule is COc1ccc2nc(N3CCN(S(=O)(=O)c4ccc(OC(F)(F)F)cc4)[C@@H](C(=O)O)C3)sc2n1. The summed E-state index contributed by atoms with van der Waals surface area (Å²) in [6, 6.07) is 5.50. The first kappa shape index (κ1) is 24.0. The second-order valence-corrected chi connectivity index (χ2v) is 9.96. The molecule has 0 spiro atoms. The summed E-state index contributed by atoms with van der Waals surface area (Å²) < 4.78 is 72.9. The van der Waals surface area contributed by atoms with Crippen LogP contribution in [0.4, 0.5) is 18.3 Å². The number of carbonyl (C=O) groups is 1. The molecule has 0 aliphatic carbocycles. The van der Waals surface area contributed by atoms with Crippen LogP contribution in [0, 0.1) is 0 Å². The van der Waals surface area contributed by atoms with Gasteiger partial charge in [-0.2, -0.15) is 4.31 Å². The second kappa shape index (κ2) is 8.88. The molecular weight excluding hydrogens is 501 g/mol. The average Bonchev–Trinajstić information content (AvgIpc) is 3.21. The highest BCUT2D eigenvalue weighted by molar-refractivity contribution is 7.89. The Bertz CT molecular complexity index is 1310. The minimum atomic E-state index is -4.92. The lowest BCUT2D eigenvalue weighted by Crippen LogP contribution is -2.58. The number of piperazine rings is 1. The van der Waals surface area contributed by atoms with E-state index < -0.39 is 34.1 Å². The predicted octanol–water partition coefficient (Wildman–Crippen LogP) is 2.56. The van der Waals surface area contributed by atoms with E-state index in [2.05, 4.69) is 14.7 Å². The van der Waals surface area contributed by atoms with Crippen LogP contribution in [0.5, 0.6) is 11.6 Å².